The highest BCUT2D eigenvalue weighted by molar-refractivity contribution is 5.55. The molecule has 2 heterocycles. The summed E-state index contributed by atoms with van der Waals surface area (Å²) in [4.78, 5) is 11.7. The molecule has 3 aliphatic rings. The monoisotopic (exact) mass is 301 g/mol. The first-order valence-electron chi connectivity index (χ1n) is 8.85. The number of nitrogens with two attached hydrogens (primary N) is 2. The molecule has 4 rings (SSSR count). The fourth-order valence-corrected chi connectivity index (χ4v) is 4.88. The molecule has 0 amide bonds. The van der Waals surface area contributed by atoms with Crippen LogP contribution >= 0.6 is 0 Å². The van der Waals surface area contributed by atoms with E-state index in [1.54, 1.807) is 0 Å². The van der Waals surface area contributed by atoms with Gasteiger partial charge in [-0.1, -0.05) is 12.8 Å². The molecule has 1 saturated carbocycles. The summed E-state index contributed by atoms with van der Waals surface area (Å²) in [6.07, 6.45) is 11.1. The first kappa shape index (κ1) is 14.2. The Morgan fingerprint density at radius 3 is 2.59 bits per heavy atom. The van der Waals surface area contributed by atoms with Gasteiger partial charge < -0.3 is 16.4 Å². The van der Waals surface area contributed by atoms with Crippen LogP contribution < -0.4 is 16.4 Å². The summed E-state index contributed by atoms with van der Waals surface area (Å²) < 4.78 is 0. The lowest BCUT2D eigenvalue weighted by Gasteiger charge is -2.39. The maximum atomic E-state index is 6.18. The van der Waals surface area contributed by atoms with Crippen molar-refractivity contribution >= 4 is 11.8 Å². The van der Waals surface area contributed by atoms with E-state index < -0.39 is 0 Å². The Balaban J connectivity index is 1.78. The standard InChI is InChI=1S/C17H27N5/c18-12-5-4-10-22(11-12)15-13-6-3-9-17(7-1-2-8-17)14(13)20-16(19)21-15/h12H,1-11,18H2,(H2,19,20,21). The first-order valence-corrected chi connectivity index (χ1v) is 8.85. The van der Waals surface area contributed by atoms with Crippen molar-refractivity contribution in [3.05, 3.63) is 11.3 Å². The zero-order chi connectivity index (χ0) is 15.2. The number of nitrogen functional groups attached to an aromatic ring is 1. The molecule has 1 aromatic heterocycles. The van der Waals surface area contributed by atoms with Gasteiger partial charge in [-0.05, 0) is 44.9 Å². The normalized spacial score (nSPS) is 27.1. The van der Waals surface area contributed by atoms with E-state index in [0.717, 1.165) is 38.2 Å². The van der Waals surface area contributed by atoms with Crippen molar-refractivity contribution in [3.63, 3.8) is 0 Å². The van der Waals surface area contributed by atoms with Crippen molar-refractivity contribution in [2.75, 3.05) is 23.7 Å². The van der Waals surface area contributed by atoms with Crippen LogP contribution in [0.4, 0.5) is 11.8 Å². The van der Waals surface area contributed by atoms with Gasteiger partial charge in [-0.15, -0.1) is 0 Å². The van der Waals surface area contributed by atoms with Crippen LogP contribution in [0.2, 0.25) is 0 Å². The van der Waals surface area contributed by atoms with Crippen molar-refractivity contribution < 1.29 is 0 Å². The first-order chi connectivity index (χ1) is 10.7. The summed E-state index contributed by atoms with van der Waals surface area (Å²) in [5.74, 6) is 1.53. The number of piperidine rings is 1. The highest BCUT2D eigenvalue weighted by Crippen LogP contribution is 2.49. The van der Waals surface area contributed by atoms with E-state index in [-0.39, 0.29) is 11.5 Å². The smallest absolute Gasteiger partial charge is 0.222 e. The second kappa shape index (κ2) is 5.37. The second-order valence-corrected chi connectivity index (χ2v) is 7.42. The molecule has 1 atom stereocenters. The molecule has 2 fully saturated rings. The minimum absolute atomic E-state index is 0.254. The lowest BCUT2D eigenvalue weighted by molar-refractivity contribution is 0.357. The largest absolute Gasteiger partial charge is 0.368 e. The molecule has 1 unspecified atom stereocenters. The van der Waals surface area contributed by atoms with Gasteiger partial charge in [0.25, 0.3) is 0 Å². The fourth-order valence-electron chi connectivity index (χ4n) is 4.88. The quantitative estimate of drug-likeness (QED) is 0.830. The molecule has 2 aliphatic carbocycles. The predicted molar refractivity (Wildman–Crippen MR) is 89.0 cm³/mol. The van der Waals surface area contributed by atoms with Gasteiger partial charge in [0.2, 0.25) is 5.95 Å². The number of hydrogen-bond acceptors (Lipinski definition) is 5. The molecule has 1 aromatic rings. The molecule has 0 radical (unpaired) electrons. The van der Waals surface area contributed by atoms with Crippen LogP contribution in [0.5, 0.6) is 0 Å². The van der Waals surface area contributed by atoms with Crippen molar-refractivity contribution in [1.82, 2.24) is 9.97 Å². The molecule has 5 nitrogen and oxygen atoms in total. The summed E-state index contributed by atoms with van der Waals surface area (Å²) >= 11 is 0. The van der Waals surface area contributed by atoms with Crippen LogP contribution in [0.3, 0.4) is 0 Å². The van der Waals surface area contributed by atoms with Gasteiger partial charge in [0, 0.05) is 30.1 Å². The van der Waals surface area contributed by atoms with Crippen molar-refractivity contribution in [2.24, 2.45) is 5.73 Å². The number of anilines is 2. The minimum Gasteiger partial charge on any atom is -0.368 e. The summed E-state index contributed by atoms with van der Waals surface area (Å²) in [5.41, 5.74) is 15.2. The molecular weight excluding hydrogens is 274 g/mol. The Labute approximate surface area is 132 Å². The molecule has 0 aromatic carbocycles. The van der Waals surface area contributed by atoms with E-state index in [9.17, 15) is 0 Å². The molecular formula is C17H27N5. The van der Waals surface area contributed by atoms with Crippen molar-refractivity contribution in [1.29, 1.82) is 0 Å². The van der Waals surface area contributed by atoms with Crippen LogP contribution in [-0.2, 0) is 11.8 Å². The average molecular weight is 301 g/mol. The van der Waals surface area contributed by atoms with Crippen molar-refractivity contribution in [3.8, 4) is 0 Å². The van der Waals surface area contributed by atoms with Crippen LogP contribution in [-0.4, -0.2) is 29.1 Å². The van der Waals surface area contributed by atoms with Crippen LogP contribution in [0.25, 0.3) is 0 Å². The molecule has 1 spiro atoms. The van der Waals surface area contributed by atoms with Gasteiger partial charge in [0.1, 0.15) is 5.82 Å². The summed E-state index contributed by atoms with van der Waals surface area (Å²) in [6, 6.07) is 0.254. The van der Waals surface area contributed by atoms with E-state index in [1.165, 1.54) is 49.8 Å². The summed E-state index contributed by atoms with van der Waals surface area (Å²) in [6.45, 7) is 1.94. The lowest BCUT2D eigenvalue weighted by atomic mass is 9.71. The minimum atomic E-state index is 0.254. The van der Waals surface area contributed by atoms with Gasteiger partial charge in [0.05, 0.1) is 5.69 Å². The Kier molecular flexibility index (Phi) is 3.48. The summed E-state index contributed by atoms with van der Waals surface area (Å²) in [7, 11) is 0. The highest BCUT2D eigenvalue weighted by atomic mass is 15.2. The Morgan fingerprint density at radius 1 is 1.05 bits per heavy atom. The number of hydrogen-bond donors (Lipinski definition) is 2. The predicted octanol–water partition coefficient (Wildman–Crippen LogP) is 2.13. The Bertz CT molecular complexity index is 564. The maximum absolute atomic E-state index is 6.18. The molecule has 4 N–H and O–H groups in total. The Morgan fingerprint density at radius 2 is 1.82 bits per heavy atom. The average Bonchev–Trinajstić information content (AvgIpc) is 2.97. The highest BCUT2D eigenvalue weighted by Gasteiger charge is 2.42. The number of nitrogens with zero attached hydrogens (tertiary/aromatic N) is 3. The fraction of sp³-hybridized carbons (Fsp3) is 0.765. The molecule has 120 valence electrons. The van der Waals surface area contributed by atoms with E-state index in [0.29, 0.717) is 5.95 Å². The van der Waals surface area contributed by atoms with Gasteiger partial charge in [-0.2, -0.15) is 4.98 Å². The number of rotatable bonds is 1. The molecule has 0 bridgehead atoms. The number of aromatic nitrogens is 2. The van der Waals surface area contributed by atoms with E-state index >= 15 is 0 Å². The second-order valence-electron chi connectivity index (χ2n) is 7.42. The third-order valence-corrected chi connectivity index (χ3v) is 5.91. The van der Waals surface area contributed by atoms with Gasteiger partial charge >= 0.3 is 0 Å². The zero-order valence-electron chi connectivity index (χ0n) is 13.4. The van der Waals surface area contributed by atoms with Crippen LogP contribution in [0.15, 0.2) is 0 Å². The van der Waals surface area contributed by atoms with Gasteiger partial charge in [0.15, 0.2) is 0 Å². The van der Waals surface area contributed by atoms with Crippen LogP contribution in [0, 0.1) is 0 Å². The third-order valence-electron chi connectivity index (χ3n) is 5.91. The topological polar surface area (TPSA) is 81.1 Å². The lowest BCUT2D eigenvalue weighted by Crippen LogP contribution is -2.44. The zero-order valence-corrected chi connectivity index (χ0v) is 13.4. The number of fused-ring (bicyclic) bond motifs is 2. The third kappa shape index (κ3) is 2.26. The Hall–Kier alpha value is -1.36. The SMILES string of the molecule is Nc1nc(N2CCCC(N)C2)c2c(n1)C1(CCCC1)CCC2. The maximum Gasteiger partial charge on any atom is 0.222 e. The van der Waals surface area contributed by atoms with Gasteiger partial charge in [-0.25, -0.2) is 4.98 Å². The molecule has 1 saturated heterocycles. The van der Waals surface area contributed by atoms with E-state index in [1.807, 2.05) is 0 Å². The van der Waals surface area contributed by atoms with Gasteiger partial charge in [-0.3, -0.25) is 0 Å². The molecule has 22 heavy (non-hydrogen) atoms. The van der Waals surface area contributed by atoms with Crippen molar-refractivity contribution in [2.45, 2.75) is 69.2 Å². The summed E-state index contributed by atoms with van der Waals surface area (Å²) in [5, 5.41) is 0. The molecule has 5 heteroatoms. The van der Waals surface area contributed by atoms with E-state index in [2.05, 4.69) is 9.88 Å². The van der Waals surface area contributed by atoms with Crippen LogP contribution in [0.1, 0.15) is 62.6 Å². The molecule has 1 aliphatic heterocycles. The van der Waals surface area contributed by atoms with E-state index in [4.69, 9.17) is 16.5 Å².